The number of nitrogens with zero attached hydrogens (tertiary/aromatic N) is 3. The number of hydrogen-bond acceptors (Lipinski definition) is 6. The van der Waals surface area contributed by atoms with Crippen LogP contribution in [0, 0.1) is 0 Å². The standard InChI is InChI=1S/C26H25N5O4S/c32-25(21-14-20-17-29-30-24(20)27-16-21)28-15-18-6-8-22(9-7-18)36(34,35)23-10-12-31(13-11-23)26(33)19-4-2-1-3-5-19/h1-9,14,16-17,23H,10-13,15H2,(H,28,32)(H,27,29,30). The minimum atomic E-state index is -3.52. The molecule has 3 heterocycles. The largest absolute Gasteiger partial charge is 0.348 e. The molecule has 0 saturated carbocycles. The van der Waals surface area contributed by atoms with Crippen molar-refractivity contribution < 1.29 is 18.0 Å². The van der Waals surface area contributed by atoms with E-state index in [-0.39, 0.29) is 23.3 Å². The number of amides is 2. The first-order chi connectivity index (χ1) is 17.4. The molecule has 184 valence electrons. The molecule has 2 amide bonds. The van der Waals surface area contributed by atoms with Gasteiger partial charge in [0, 0.05) is 36.8 Å². The summed E-state index contributed by atoms with van der Waals surface area (Å²) in [4.78, 5) is 31.3. The third-order valence-corrected chi connectivity index (χ3v) is 8.73. The van der Waals surface area contributed by atoms with Crippen LogP contribution in [0.3, 0.4) is 0 Å². The molecule has 1 aliphatic heterocycles. The number of nitrogens with one attached hydrogen (secondary N) is 2. The van der Waals surface area contributed by atoms with E-state index in [0.717, 1.165) is 10.9 Å². The van der Waals surface area contributed by atoms with Gasteiger partial charge in [0.05, 0.1) is 21.9 Å². The van der Waals surface area contributed by atoms with Crippen LogP contribution in [0.1, 0.15) is 39.1 Å². The molecule has 1 saturated heterocycles. The number of hydrogen-bond donors (Lipinski definition) is 2. The maximum absolute atomic E-state index is 13.2. The van der Waals surface area contributed by atoms with Gasteiger partial charge in [-0.1, -0.05) is 30.3 Å². The van der Waals surface area contributed by atoms with Crippen LogP contribution >= 0.6 is 0 Å². The van der Waals surface area contributed by atoms with Crippen LogP contribution in [0.5, 0.6) is 0 Å². The van der Waals surface area contributed by atoms with Gasteiger partial charge in [0.1, 0.15) is 0 Å². The average molecular weight is 504 g/mol. The molecular formula is C26H25N5O4S. The smallest absolute Gasteiger partial charge is 0.253 e. The van der Waals surface area contributed by atoms with Crippen molar-refractivity contribution in [2.45, 2.75) is 29.5 Å². The molecule has 2 aromatic heterocycles. The van der Waals surface area contributed by atoms with Crippen LogP contribution in [0.15, 0.2) is 78.0 Å². The van der Waals surface area contributed by atoms with Gasteiger partial charge >= 0.3 is 0 Å². The first-order valence-electron chi connectivity index (χ1n) is 11.7. The van der Waals surface area contributed by atoms with Crippen molar-refractivity contribution in [1.29, 1.82) is 0 Å². The number of likely N-dealkylation sites (tertiary alicyclic amines) is 1. The van der Waals surface area contributed by atoms with E-state index >= 15 is 0 Å². The maximum atomic E-state index is 13.2. The first kappa shape index (κ1) is 23.7. The highest BCUT2D eigenvalue weighted by molar-refractivity contribution is 7.92. The second-order valence-corrected chi connectivity index (χ2v) is 11.0. The Balaban J connectivity index is 1.17. The second kappa shape index (κ2) is 9.90. The molecule has 9 nitrogen and oxygen atoms in total. The lowest BCUT2D eigenvalue weighted by Gasteiger charge is -2.31. The Labute approximate surface area is 208 Å². The van der Waals surface area contributed by atoms with Crippen molar-refractivity contribution in [2.24, 2.45) is 0 Å². The number of aromatic amines is 1. The predicted octanol–water partition coefficient (Wildman–Crippen LogP) is 2.97. The average Bonchev–Trinajstić information content (AvgIpc) is 3.40. The quantitative estimate of drug-likeness (QED) is 0.417. The van der Waals surface area contributed by atoms with Crippen molar-refractivity contribution >= 4 is 32.7 Å². The Morgan fingerprint density at radius 3 is 2.42 bits per heavy atom. The summed E-state index contributed by atoms with van der Waals surface area (Å²) in [5.41, 5.74) is 2.42. The molecule has 2 aromatic carbocycles. The van der Waals surface area contributed by atoms with Crippen molar-refractivity contribution in [3.8, 4) is 0 Å². The SMILES string of the molecule is O=C(NCc1ccc(S(=O)(=O)C2CCN(C(=O)c3ccccc3)CC2)cc1)c1cnc2[nH]ncc2c1. The number of carbonyl (C=O) groups excluding carboxylic acids is 2. The number of aromatic nitrogens is 3. The van der Waals surface area contributed by atoms with Crippen LogP contribution in [0.25, 0.3) is 11.0 Å². The molecule has 1 fully saturated rings. The van der Waals surface area contributed by atoms with E-state index in [1.807, 2.05) is 18.2 Å². The lowest BCUT2D eigenvalue weighted by atomic mass is 10.1. The lowest BCUT2D eigenvalue weighted by molar-refractivity contribution is 0.0725. The molecule has 0 radical (unpaired) electrons. The zero-order valence-corrected chi connectivity index (χ0v) is 20.2. The molecule has 0 spiro atoms. The number of sulfone groups is 1. The second-order valence-electron chi connectivity index (χ2n) is 8.76. The summed E-state index contributed by atoms with van der Waals surface area (Å²) in [5.74, 6) is -0.350. The topological polar surface area (TPSA) is 125 Å². The minimum Gasteiger partial charge on any atom is -0.348 e. The van der Waals surface area contributed by atoms with Gasteiger partial charge in [-0.25, -0.2) is 13.4 Å². The molecule has 1 aliphatic rings. The lowest BCUT2D eigenvalue weighted by Crippen LogP contribution is -2.42. The van der Waals surface area contributed by atoms with Crippen molar-refractivity contribution in [1.82, 2.24) is 25.4 Å². The fourth-order valence-corrected chi connectivity index (χ4v) is 6.10. The summed E-state index contributed by atoms with van der Waals surface area (Å²) >= 11 is 0. The highest BCUT2D eigenvalue weighted by atomic mass is 32.2. The van der Waals surface area contributed by atoms with Crippen molar-refractivity contribution in [3.05, 3.63) is 89.7 Å². The zero-order valence-electron chi connectivity index (χ0n) is 19.4. The Morgan fingerprint density at radius 1 is 0.972 bits per heavy atom. The number of fused-ring (bicyclic) bond motifs is 1. The fraction of sp³-hybridized carbons (Fsp3) is 0.231. The molecule has 4 aromatic rings. The van der Waals surface area contributed by atoms with E-state index in [0.29, 0.717) is 42.7 Å². The molecule has 0 bridgehead atoms. The van der Waals surface area contributed by atoms with E-state index in [9.17, 15) is 18.0 Å². The minimum absolute atomic E-state index is 0.0710. The van der Waals surface area contributed by atoms with Gasteiger partial charge in [-0.2, -0.15) is 5.10 Å². The number of carbonyl (C=O) groups is 2. The van der Waals surface area contributed by atoms with Crippen LogP contribution in [-0.4, -0.2) is 58.7 Å². The Hall–Kier alpha value is -4.05. The third kappa shape index (κ3) is 4.85. The Kier molecular flexibility index (Phi) is 6.51. The predicted molar refractivity (Wildman–Crippen MR) is 134 cm³/mol. The van der Waals surface area contributed by atoms with Gasteiger partial charge in [-0.3, -0.25) is 14.7 Å². The number of pyridine rings is 1. The summed E-state index contributed by atoms with van der Waals surface area (Å²) in [5, 5.41) is 9.67. The van der Waals surface area contributed by atoms with Gasteiger partial charge in [0.25, 0.3) is 11.8 Å². The number of benzene rings is 2. The number of H-pyrrole nitrogens is 1. The van der Waals surface area contributed by atoms with E-state index in [1.165, 1.54) is 6.20 Å². The van der Waals surface area contributed by atoms with E-state index in [2.05, 4.69) is 20.5 Å². The van der Waals surface area contributed by atoms with Crippen molar-refractivity contribution in [3.63, 3.8) is 0 Å². The highest BCUT2D eigenvalue weighted by Crippen LogP contribution is 2.26. The molecule has 5 rings (SSSR count). The first-order valence-corrected chi connectivity index (χ1v) is 13.2. The van der Waals surface area contributed by atoms with Crippen LogP contribution < -0.4 is 5.32 Å². The highest BCUT2D eigenvalue weighted by Gasteiger charge is 2.33. The summed E-state index contributed by atoms with van der Waals surface area (Å²) < 4.78 is 26.4. The molecule has 2 N–H and O–H groups in total. The van der Waals surface area contributed by atoms with E-state index in [1.54, 1.807) is 53.6 Å². The van der Waals surface area contributed by atoms with Gasteiger partial charge < -0.3 is 10.2 Å². The summed E-state index contributed by atoms with van der Waals surface area (Å²) in [7, 11) is -3.52. The van der Waals surface area contributed by atoms with Gasteiger partial charge in [0.2, 0.25) is 0 Å². The monoisotopic (exact) mass is 503 g/mol. The van der Waals surface area contributed by atoms with Gasteiger partial charge in [0.15, 0.2) is 15.5 Å². The number of rotatable bonds is 6. The van der Waals surface area contributed by atoms with E-state index in [4.69, 9.17) is 0 Å². The summed E-state index contributed by atoms with van der Waals surface area (Å²) in [6, 6.07) is 17.3. The van der Waals surface area contributed by atoms with Crippen LogP contribution in [0.2, 0.25) is 0 Å². The van der Waals surface area contributed by atoms with E-state index < -0.39 is 15.1 Å². The van der Waals surface area contributed by atoms with Crippen LogP contribution in [-0.2, 0) is 16.4 Å². The number of piperidine rings is 1. The Morgan fingerprint density at radius 2 is 1.69 bits per heavy atom. The molecule has 36 heavy (non-hydrogen) atoms. The molecular weight excluding hydrogens is 478 g/mol. The summed E-state index contributed by atoms with van der Waals surface area (Å²) in [6.45, 7) is 1.06. The molecule has 10 heteroatoms. The molecule has 0 unspecified atom stereocenters. The van der Waals surface area contributed by atoms with Crippen molar-refractivity contribution in [2.75, 3.05) is 13.1 Å². The normalized spacial score (nSPS) is 14.6. The Bertz CT molecular complexity index is 1490. The third-order valence-electron chi connectivity index (χ3n) is 6.45. The fourth-order valence-electron chi connectivity index (χ4n) is 4.37. The zero-order chi connectivity index (χ0) is 25.1. The van der Waals surface area contributed by atoms with Gasteiger partial charge in [-0.05, 0) is 48.7 Å². The van der Waals surface area contributed by atoms with Crippen LogP contribution in [0.4, 0.5) is 0 Å². The van der Waals surface area contributed by atoms with Gasteiger partial charge in [-0.15, -0.1) is 0 Å². The summed E-state index contributed by atoms with van der Waals surface area (Å²) in [6.07, 6.45) is 3.87. The molecule has 0 aliphatic carbocycles. The molecule has 0 atom stereocenters. The maximum Gasteiger partial charge on any atom is 0.253 e.